The normalized spacial score (nSPS) is 10.1. The molecule has 0 bridgehead atoms. The highest BCUT2D eigenvalue weighted by atomic mass is 16.5. The van der Waals surface area contributed by atoms with E-state index in [2.05, 4.69) is 6.58 Å². The van der Waals surface area contributed by atoms with Crippen molar-refractivity contribution in [1.29, 1.82) is 0 Å². The number of ether oxygens (including phenoxy) is 3. The van der Waals surface area contributed by atoms with Crippen molar-refractivity contribution in [3.63, 3.8) is 0 Å². The second-order valence-corrected chi connectivity index (χ2v) is 4.88. The smallest absolute Gasteiger partial charge is 0.204 e. The molecular weight excluding hydrogens is 280 g/mol. The summed E-state index contributed by atoms with van der Waals surface area (Å²) in [4.78, 5) is 12.1. The van der Waals surface area contributed by atoms with Crippen LogP contribution in [0.15, 0.2) is 24.8 Å². The third-order valence-electron chi connectivity index (χ3n) is 2.89. The number of hydrogen-bond acceptors (Lipinski definition) is 4. The zero-order valence-corrected chi connectivity index (χ0v) is 13.8. The maximum atomic E-state index is 12.1. The number of carbonyl (C=O) groups excluding carboxylic acids is 1. The summed E-state index contributed by atoms with van der Waals surface area (Å²) in [5.41, 5.74) is 0.457. The Morgan fingerprint density at radius 3 is 2.05 bits per heavy atom. The number of rotatable bonds is 11. The van der Waals surface area contributed by atoms with Crippen LogP contribution >= 0.6 is 0 Å². The molecule has 0 heterocycles. The van der Waals surface area contributed by atoms with Gasteiger partial charge in [-0.05, 0) is 37.5 Å². The molecule has 0 radical (unpaired) electrons. The van der Waals surface area contributed by atoms with Gasteiger partial charge in [0.2, 0.25) is 5.75 Å². The molecule has 0 fully saturated rings. The van der Waals surface area contributed by atoms with Gasteiger partial charge in [-0.2, -0.15) is 0 Å². The van der Waals surface area contributed by atoms with Crippen LogP contribution in [0, 0.1) is 0 Å². The van der Waals surface area contributed by atoms with Crippen LogP contribution in [0.5, 0.6) is 17.2 Å². The number of benzene rings is 1. The van der Waals surface area contributed by atoms with E-state index >= 15 is 0 Å². The molecule has 0 saturated heterocycles. The summed E-state index contributed by atoms with van der Waals surface area (Å²) in [6.45, 7) is 11.3. The van der Waals surface area contributed by atoms with Crippen LogP contribution in [0.4, 0.5) is 0 Å². The van der Waals surface area contributed by atoms with Gasteiger partial charge in [0.05, 0.1) is 25.4 Å². The highest BCUT2D eigenvalue weighted by Crippen LogP contribution is 2.41. The summed E-state index contributed by atoms with van der Waals surface area (Å²) in [5, 5.41) is 0. The molecule has 0 atom stereocenters. The van der Waals surface area contributed by atoms with E-state index < -0.39 is 0 Å². The second kappa shape index (κ2) is 9.87. The van der Waals surface area contributed by atoms with E-state index in [0.29, 0.717) is 42.6 Å². The molecule has 0 N–H and O–H groups in total. The van der Waals surface area contributed by atoms with Gasteiger partial charge in [-0.3, -0.25) is 4.79 Å². The number of allylic oxidation sites excluding steroid dienone is 1. The largest absolute Gasteiger partial charge is 0.490 e. The summed E-state index contributed by atoms with van der Waals surface area (Å²) in [5.74, 6) is 1.39. The molecule has 1 aromatic rings. The molecule has 122 valence electrons. The van der Waals surface area contributed by atoms with Crippen LogP contribution in [-0.4, -0.2) is 25.6 Å². The van der Waals surface area contributed by atoms with Crippen LogP contribution in [0.2, 0.25) is 0 Å². The van der Waals surface area contributed by atoms with Gasteiger partial charge >= 0.3 is 0 Å². The van der Waals surface area contributed by atoms with Crippen molar-refractivity contribution in [2.75, 3.05) is 19.8 Å². The molecule has 0 aromatic heterocycles. The minimum absolute atomic E-state index is 0.186. The maximum absolute atomic E-state index is 12.1. The summed E-state index contributed by atoms with van der Waals surface area (Å²) in [6, 6.07) is 3.47. The average molecular weight is 306 g/mol. The van der Waals surface area contributed by atoms with E-state index in [-0.39, 0.29) is 5.78 Å². The standard InChI is InChI=1S/C18H26O4/c1-5-11-20-16-10-9-14(15(19)8-4)17(21-12-6-2)18(16)22-13-7-3/h8-10H,4-7,11-13H2,1-3H3. The van der Waals surface area contributed by atoms with Gasteiger partial charge in [0.15, 0.2) is 17.3 Å². The fourth-order valence-corrected chi connectivity index (χ4v) is 1.86. The molecule has 0 aliphatic carbocycles. The topological polar surface area (TPSA) is 44.8 Å². The van der Waals surface area contributed by atoms with E-state index in [1.807, 2.05) is 20.8 Å². The second-order valence-electron chi connectivity index (χ2n) is 4.88. The number of ketones is 1. The molecule has 1 rings (SSSR count). The van der Waals surface area contributed by atoms with Crippen LogP contribution in [-0.2, 0) is 0 Å². The van der Waals surface area contributed by atoms with Crippen molar-refractivity contribution in [3.8, 4) is 17.2 Å². The Balaban J connectivity index is 3.29. The van der Waals surface area contributed by atoms with Crippen molar-refractivity contribution in [3.05, 3.63) is 30.4 Å². The first-order valence-corrected chi connectivity index (χ1v) is 7.91. The third kappa shape index (κ3) is 4.79. The van der Waals surface area contributed by atoms with Crippen LogP contribution in [0.3, 0.4) is 0 Å². The zero-order valence-electron chi connectivity index (χ0n) is 13.8. The Morgan fingerprint density at radius 2 is 1.50 bits per heavy atom. The zero-order chi connectivity index (χ0) is 16.4. The SMILES string of the molecule is C=CC(=O)c1ccc(OCCC)c(OCCC)c1OCCC. The third-order valence-corrected chi connectivity index (χ3v) is 2.89. The first-order valence-electron chi connectivity index (χ1n) is 7.91. The lowest BCUT2D eigenvalue weighted by atomic mass is 10.1. The highest BCUT2D eigenvalue weighted by Gasteiger charge is 2.20. The lowest BCUT2D eigenvalue weighted by Gasteiger charge is -2.18. The molecule has 0 amide bonds. The molecule has 0 aliphatic rings. The Kier molecular flexibility index (Phi) is 8.11. The van der Waals surface area contributed by atoms with E-state index in [0.717, 1.165) is 19.3 Å². The molecule has 0 aliphatic heterocycles. The van der Waals surface area contributed by atoms with Gasteiger partial charge in [0.1, 0.15) is 0 Å². The van der Waals surface area contributed by atoms with Crippen LogP contribution in [0.1, 0.15) is 50.4 Å². The molecule has 0 saturated carbocycles. The van der Waals surface area contributed by atoms with Crippen molar-refractivity contribution >= 4 is 5.78 Å². The molecule has 4 heteroatoms. The maximum Gasteiger partial charge on any atom is 0.204 e. The predicted octanol–water partition coefficient (Wildman–Crippen LogP) is 4.42. The summed E-state index contributed by atoms with van der Waals surface area (Å²) < 4.78 is 17.3. The van der Waals surface area contributed by atoms with Gasteiger partial charge in [0.25, 0.3) is 0 Å². The van der Waals surface area contributed by atoms with Gasteiger partial charge in [-0.25, -0.2) is 0 Å². The Bertz CT molecular complexity index is 494. The van der Waals surface area contributed by atoms with Crippen LogP contribution < -0.4 is 14.2 Å². The average Bonchev–Trinajstić information content (AvgIpc) is 2.55. The summed E-state index contributed by atoms with van der Waals surface area (Å²) in [7, 11) is 0. The first kappa shape index (κ1) is 18.1. The number of carbonyl (C=O) groups is 1. The fourth-order valence-electron chi connectivity index (χ4n) is 1.86. The Morgan fingerprint density at radius 1 is 0.955 bits per heavy atom. The monoisotopic (exact) mass is 306 g/mol. The minimum Gasteiger partial charge on any atom is -0.490 e. The van der Waals surface area contributed by atoms with Crippen molar-refractivity contribution in [1.82, 2.24) is 0 Å². The van der Waals surface area contributed by atoms with Crippen molar-refractivity contribution < 1.29 is 19.0 Å². The lowest BCUT2D eigenvalue weighted by Crippen LogP contribution is -2.08. The minimum atomic E-state index is -0.186. The predicted molar refractivity (Wildman–Crippen MR) is 88.3 cm³/mol. The molecule has 1 aromatic carbocycles. The van der Waals surface area contributed by atoms with Gasteiger partial charge < -0.3 is 14.2 Å². The lowest BCUT2D eigenvalue weighted by molar-refractivity contribution is 0.104. The first-order chi connectivity index (χ1) is 10.7. The molecule has 0 spiro atoms. The van der Waals surface area contributed by atoms with E-state index in [1.165, 1.54) is 6.08 Å². The molecule has 0 unspecified atom stereocenters. The summed E-state index contributed by atoms with van der Waals surface area (Å²) in [6.07, 6.45) is 3.88. The molecule has 22 heavy (non-hydrogen) atoms. The number of hydrogen-bond donors (Lipinski definition) is 0. The molecular formula is C18H26O4. The van der Waals surface area contributed by atoms with E-state index in [9.17, 15) is 4.79 Å². The summed E-state index contributed by atoms with van der Waals surface area (Å²) >= 11 is 0. The van der Waals surface area contributed by atoms with E-state index in [1.54, 1.807) is 12.1 Å². The Labute approximate surface area is 133 Å². The van der Waals surface area contributed by atoms with Gasteiger partial charge in [-0.1, -0.05) is 27.4 Å². The van der Waals surface area contributed by atoms with Crippen molar-refractivity contribution in [2.45, 2.75) is 40.0 Å². The van der Waals surface area contributed by atoms with Crippen LogP contribution in [0.25, 0.3) is 0 Å². The quantitative estimate of drug-likeness (QED) is 0.448. The highest BCUT2D eigenvalue weighted by molar-refractivity contribution is 6.07. The Hall–Kier alpha value is -1.97. The van der Waals surface area contributed by atoms with Crippen molar-refractivity contribution in [2.24, 2.45) is 0 Å². The van der Waals surface area contributed by atoms with E-state index in [4.69, 9.17) is 14.2 Å². The van der Waals surface area contributed by atoms with Gasteiger partial charge in [-0.15, -0.1) is 0 Å². The fraction of sp³-hybridized carbons (Fsp3) is 0.500. The molecule has 4 nitrogen and oxygen atoms in total. The van der Waals surface area contributed by atoms with Gasteiger partial charge in [0, 0.05) is 0 Å².